The molecule has 0 spiro atoms. The number of thiazole rings is 1. The van der Waals surface area contributed by atoms with Crippen LogP contribution in [0.5, 0.6) is 5.75 Å². The lowest BCUT2D eigenvalue weighted by Gasteiger charge is -2.27. The van der Waals surface area contributed by atoms with Crippen molar-refractivity contribution < 1.29 is 23.8 Å². The van der Waals surface area contributed by atoms with Crippen LogP contribution in [0, 0.1) is 0 Å². The van der Waals surface area contributed by atoms with E-state index in [0.717, 1.165) is 10.2 Å². The van der Waals surface area contributed by atoms with Crippen LogP contribution in [-0.2, 0) is 16.0 Å². The lowest BCUT2D eigenvalue weighted by molar-refractivity contribution is 0.0339. The molecule has 1 aliphatic heterocycles. The number of phenolic OH excluding ortho intramolecular Hbond substituents is 1. The van der Waals surface area contributed by atoms with Crippen LogP contribution in [0.25, 0.3) is 31.8 Å². The monoisotopic (exact) mass is 466 g/mol. The van der Waals surface area contributed by atoms with E-state index in [-0.39, 0.29) is 40.1 Å². The van der Waals surface area contributed by atoms with Crippen LogP contribution < -0.4 is 5.43 Å². The van der Waals surface area contributed by atoms with Crippen molar-refractivity contribution >= 4 is 38.5 Å². The fourth-order valence-electron chi connectivity index (χ4n) is 3.95. The summed E-state index contributed by atoms with van der Waals surface area (Å²) in [5.41, 5.74) is 1.05. The lowest BCUT2D eigenvalue weighted by atomic mass is 10.1. The highest BCUT2D eigenvalue weighted by atomic mass is 32.1. The molecule has 2 aromatic carbocycles. The molecule has 5 rings (SSSR count). The van der Waals surface area contributed by atoms with Gasteiger partial charge in [0.15, 0.2) is 0 Å². The van der Waals surface area contributed by atoms with Gasteiger partial charge in [-0.2, -0.15) is 0 Å². The number of carbonyl (C=O) groups is 1. The summed E-state index contributed by atoms with van der Waals surface area (Å²) >= 11 is 1.31. The first-order valence-electron chi connectivity index (χ1n) is 10.7. The van der Waals surface area contributed by atoms with Crippen molar-refractivity contribution in [1.82, 2.24) is 9.88 Å². The molecule has 0 bridgehead atoms. The number of phenols is 1. The van der Waals surface area contributed by atoms with E-state index in [1.165, 1.54) is 23.5 Å². The van der Waals surface area contributed by atoms with Gasteiger partial charge in [0.1, 0.15) is 21.9 Å². The fourth-order valence-corrected chi connectivity index (χ4v) is 4.96. The number of benzene rings is 2. The van der Waals surface area contributed by atoms with E-state index in [1.54, 1.807) is 6.92 Å². The Morgan fingerprint density at radius 1 is 1.21 bits per heavy atom. The molecule has 3 heterocycles. The Balaban J connectivity index is 1.74. The summed E-state index contributed by atoms with van der Waals surface area (Å²) in [6, 6.07) is 10.5. The number of fused-ring (bicyclic) bond motifs is 2. The molecule has 4 aromatic rings. The molecule has 1 aliphatic rings. The highest BCUT2D eigenvalue weighted by molar-refractivity contribution is 7.21. The van der Waals surface area contributed by atoms with Crippen molar-refractivity contribution in [1.29, 1.82) is 0 Å². The van der Waals surface area contributed by atoms with Crippen molar-refractivity contribution in [2.75, 3.05) is 32.9 Å². The quantitative estimate of drug-likeness (QED) is 0.444. The average molecular weight is 467 g/mol. The number of carbonyl (C=O) groups excluding carboxylic acids is 1. The van der Waals surface area contributed by atoms with E-state index in [2.05, 4.69) is 9.88 Å². The van der Waals surface area contributed by atoms with Crippen LogP contribution in [0.4, 0.5) is 0 Å². The Bertz CT molecular complexity index is 1370. The molecule has 8 nitrogen and oxygen atoms in total. The normalized spacial score (nSPS) is 14.7. The fraction of sp³-hybridized carbons (Fsp3) is 0.292. The highest BCUT2D eigenvalue weighted by Crippen LogP contribution is 2.35. The van der Waals surface area contributed by atoms with Gasteiger partial charge in [-0.15, -0.1) is 11.3 Å². The van der Waals surface area contributed by atoms with E-state index >= 15 is 0 Å². The molecule has 0 radical (unpaired) electrons. The smallest absolute Gasteiger partial charge is 0.375 e. The number of esters is 1. The standard InChI is InChI=1S/C24H22N2O6S/c1-2-31-24(29)22-19(23-25-16-5-3-4-6-18(16)33-23)20(28)14-7-8-17(27)15(21(14)32-22)13-26-9-11-30-12-10-26/h3-8,27H,2,9-13H2,1H3. The van der Waals surface area contributed by atoms with E-state index in [4.69, 9.17) is 13.9 Å². The van der Waals surface area contributed by atoms with Gasteiger partial charge in [0.05, 0.1) is 41.0 Å². The van der Waals surface area contributed by atoms with Crippen molar-refractivity contribution in [2.45, 2.75) is 13.5 Å². The minimum Gasteiger partial charge on any atom is -0.507 e. The largest absolute Gasteiger partial charge is 0.507 e. The molecule has 0 amide bonds. The number of ether oxygens (including phenoxy) is 2. The third-order valence-electron chi connectivity index (χ3n) is 5.59. The second kappa shape index (κ2) is 8.93. The SMILES string of the molecule is CCOC(=O)c1oc2c(CN3CCOCC3)c(O)ccc2c(=O)c1-c1nc2ccccc2s1. The maximum absolute atomic E-state index is 13.7. The number of aromatic nitrogens is 1. The van der Waals surface area contributed by atoms with E-state index < -0.39 is 5.97 Å². The Kier molecular flexibility index (Phi) is 5.84. The zero-order valence-electron chi connectivity index (χ0n) is 18.0. The number of hydrogen-bond donors (Lipinski definition) is 1. The number of hydrogen-bond acceptors (Lipinski definition) is 9. The summed E-state index contributed by atoms with van der Waals surface area (Å²) in [4.78, 5) is 33.2. The Morgan fingerprint density at radius 3 is 2.76 bits per heavy atom. The summed E-state index contributed by atoms with van der Waals surface area (Å²) < 4.78 is 17.6. The number of nitrogens with zero attached hydrogens (tertiary/aromatic N) is 2. The summed E-state index contributed by atoms with van der Waals surface area (Å²) in [6.07, 6.45) is 0. The molecule has 33 heavy (non-hydrogen) atoms. The molecular weight excluding hydrogens is 444 g/mol. The summed E-state index contributed by atoms with van der Waals surface area (Å²) in [5, 5.41) is 11.3. The zero-order chi connectivity index (χ0) is 22.9. The number of para-hydroxylation sites is 1. The molecule has 170 valence electrons. The Morgan fingerprint density at radius 2 is 2.00 bits per heavy atom. The molecule has 1 N–H and O–H groups in total. The number of morpholine rings is 1. The molecule has 2 aromatic heterocycles. The third kappa shape index (κ3) is 3.99. The second-order valence-electron chi connectivity index (χ2n) is 7.67. The molecule has 0 saturated carbocycles. The molecule has 0 atom stereocenters. The lowest BCUT2D eigenvalue weighted by Crippen LogP contribution is -2.35. The van der Waals surface area contributed by atoms with Crippen LogP contribution in [0.15, 0.2) is 45.6 Å². The second-order valence-corrected chi connectivity index (χ2v) is 8.70. The number of rotatable bonds is 5. The van der Waals surface area contributed by atoms with E-state index in [9.17, 15) is 14.7 Å². The van der Waals surface area contributed by atoms with Gasteiger partial charge in [0.25, 0.3) is 0 Å². The van der Waals surface area contributed by atoms with Crippen LogP contribution in [0.3, 0.4) is 0 Å². The first-order chi connectivity index (χ1) is 16.1. The number of aromatic hydroxyl groups is 1. The van der Waals surface area contributed by atoms with E-state index in [1.807, 2.05) is 24.3 Å². The van der Waals surface area contributed by atoms with Gasteiger partial charge in [-0.1, -0.05) is 12.1 Å². The average Bonchev–Trinajstić information content (AvgIpc) is 3.25. The van der Waals surface area contributed by atoms with Crippen LogP contribution in [-0.4, -0.2) is 53.9 Å². The maximum atomic E-state index is 13.7. The maximum Gasteiger partial charge on any atom is 0.375 e. The van der Waals surface area contributed by atoms with Gasteiger partial charge < -0.3 is 19.0 Å². The van der Waals surface area contributed by atoms with Crippen molar-refractivity contribution in [3.8, 4) is 16.3 Å². The minimum atomic E-state index is -0.744. The first kappa shape index (κ1) is 21.6. The molecule has 1 saturated heterocycles. The molecule has 0 unspecified atom stereocenters. The first-order valence-corrected chi connectivity index (χ1v) is 11.5. The van der Waals surface area contributed by atoms with Crippen molar-refractivity contribution in [2.24, 2.45) is 0 Å². The molecule has 9 heteroatoms. The molecule has 0 aliphatic carbocycles. The third-order valence-corrected chi connectivity index (χ3v) is 6.65. The Hall–Kier alpha value is -3.27. The summed E-state index contributed by atoms with van der Waals surface area (Å²) in [7, 11) is 0. The van der Waals surface area contributed by atoms with Gasteiger partial charge in [0, 0.05) is 19.6 Å². The van der Waals surface area contributed by atoms with Crippen LogP contribution >= 0.6 is 11.3 Å². The predicted octanol–water partition coefficient (Wildman–Crippen LogP) is 3.78. The Labute approximate surface area is 193 Å². The minimum absolute atomic E-state index is 0.000289. The topological polar surface area (TPSA) is 102 Å². The van der Waals surface area contributed by atoms with Crippen LogP contribution in [0.1, 0.15) is 23.0 Å². The summed E-state index contributed by atoms with van der Waals surface area (Å²) in [5.74, 6) is -0.951. The van der Waals surface area contributed by atoms with Gasteiger partial charge in [0.2, 0.25) is 11.2 Å². The predicted molar refractivity (Wildman–Crippen MR) is 125 cm³/mol. The highest BCUT2D eigenvalue weighted by Gasteiger charge is 2.27. The molecule has 1 fully saturated rings. The van der Waals surface area contributed by atoms with Gasteiger partial charge in [-0.25, -0.2) is 9.78 Å². The van der Waals surface area contributed by atoms with E-state index in [0.29, 0.717) is 43.4 Å². The van der Waals surface area contributed by atoms with Gasteiger partial charge in [-0.05, 0) is 31.2 Å². The van der Waals surface area contributed by atoms with Crippen molar-refractivity contribution in [3.05, 3.63) is 57.9 Å². The zero-order valence-corrected chi connectivity index (χ0v) is 18.8. The van der Waals surface area contributed by atoms with Crippen molar-refractivity contribution in [3.63, 3.8) is 0 Å². The van der Waals surface area contributed by atoms with Gasteiger partial charge in [-0.3, -0.25) is 9.69 Å². The van der Waals surface area contributed by atoms with Crippen LogP contribution in [0.2, 0.25) is 0 Å². The summed E-state index contributed by atoms with van der Waals surface area (Å²) in [6.45, 7) is 4.72. The molecular formula is C24H22N2O6S. The van der Waals surface area contributed by atoms with Gasteiger partial charge >= 0.3 is 5.97 Å².